The highest BCUT2D eigenvalue weighted by Gasteiger charge is 2.26. The number of rotatable bonds is 5. The van der Waals surface area contributed by atoms with Crippen molar-refractivity contribution in [3.8, 4) is 0 Å². The Kier molecular flexibility index (Phi) is 5.59. The Balaban J connectivity index is 1.49. The van der Waals surface area contributed by atoms with Crippen LogP contribution in [0.5, 0.6) is 0 Å². The molecule has 6 nitrogen and oxygen atoms in total. The Morgan fingerprint density at radius 1 is 1.28 bits per heavy atom. The summed E-state index contributed by atoms with van der Waals surface area (Å²) in [4.78, 5) is 30.1. The summed E-state index contributed by atoms with van der Waals surface area (Å²) in [6.07, 6.45) is 3.74. The molecule has 1 aliphatic heterocycles. The van der Waals surface area contributed by atoms with Gasteiger partial charge in [-0.2, -0.15) is 0 Å². The molecule has 2 heterocycles. The molecule has 0 spiro atoms. The van der Waals surface area contributed by atoms with Crippen molar-refractivity contribution in [3.05, 3.63) is 22.5 Å². The van der Waals surface area contributed by atoms with E-state index in [0.29, 0.717) is 18.7 Å². The molecule has 2 aliphatic rings. The molecule has 0 aromatic carbocycles. The Hall–Kier alpha value is -1.66. The lowest BCUT2D eigenvalue weighted by Crippen LogP contribution is -2.46. The van der Waals surface area contributed by atoms with Crippen molar-refractivity contribution in [2.24, 2.45) is 0 Å². The summed E-state index contributed by atoms with van der Waals surface area (Å²) in [5, 5.41) is 2.99. The van der Waals surface area contributed by atoms with Crippen LogP contribution in [-0.4, -0.2) is 60.0 Å². The fourth-order valence-corrected chi connectivity index (χ4v) is 4.06. The molecular formula is C19H29N3O3. The number of ketones is 1. The van der Waals surface area contributed by atoms with Gasteiger partial charge in [0.05, 0.1) is 12.2 Å². The van der Waals surface area contributed by atoms with Gasteiger partial charge in [0.1, 0.15) is 5.69 Å². The molecule has 1 amide bonds. The minimum absolute atomic E-state index is 0.108. The van der Waals surface area contributed by atoms with Gasteiger partial charge in [-0.25, -0.2) is 0 Å². The average Bonchev–Trinajstić information content (AvgIpc) is 2.89. The molecule has 2 N–H and O–H groups in total. The van der Waals surface area contributed by atoms with Crippen LogP contribution < -0.4 is 5.32 Å². The van der Waals surface area contributed by atoms with Gasteiger partial charge >= 0.3 is 0 Å². The Morgan fingerprint density at radius 2 is 2.00 bits per heavy atom. The molecule has 138 valence electrons. The summed E-state index contributed by atoms with van der Waals surface area (Å²) < 4.78 is 5.74. The third kappa shape index (κ3) is 4.12. The fraction of sp³-hybridized carbons (Fsp3) is 0.684. The molecule has 0 bridgehead atoms. The topological polar surface area (TPSA) is 74.4 Å². The molecule has 0 radical (unpaired) electrons. The number of nitrogens with one attached hydrogen (secondary N) is 2. The van der Waals surface area contributed by atoms with E-state index in [1.54, 1.807) is 0 Å². The Labute approximate surface area is 149 Å². The third-order valence-electron chi connectivity index (χ3n) is 5.10. The molecule has 1 aliphatic carbocycles. The second kappa shape index (κ2) is 7.70. The number of carbonyl (C=O) groups excluding carboxylic acids is 2. The molecule has 25 heavy (non-hydrogen) atoms. The lowest BCUT2D eigenvalue weighted by atomic mass is 9.94. The van der Waals surface area contributed by atoms with Crippen molar-refractivity contribution in [3.63, 3.8) is 0 Å². The van der Waals surface area contributed by atoms with E-state index in [1.165, 1.54) is 0 Å². The monoisotopic (exact) mass is 347 g/mol. The zero-order chi connectivity index (χ0) is 18.0. The predicted molar refractivity (Wildman–Crippen MR) is 96.2 cm³/mol. The molecule has 1 saturated heterocycles. The smallest absolute Gasteiger partial charge is 0.268 e. The van der Waals surface area contributed by atoms with Crippen LogP contribution in [0.3, 0.4) is 0 Å². The SMILES string of the molecule is Cc1c(C(=O)NCCCN2CC(C)OC(C)C2)[nH]c2c1C(=O)CCC2. The van der Waals surface area contributed by atoms with Crippen molar-refractivity contribution in [2.75, 3.05) is 26.2 Å². The Bertz CT molecular complexity index is 643. The number of amides is 1. The summed E-state index contributed by atoms with van der Waals surface area (Å²) in [5.41, 5.74) is 3.02. The first-order valence-electron chi connectivity index (χ1n) is 9.36. The normalized spacial score (nSPS) is 24.2. The van der Waals surface area contributed by atoms with Gasteiger partial charge in [0.15, 0.2) is 5.78 Å². The molecule has 6 heteroatoms. The van der Waals surface area contributed by atoms with Crippen LogP contribution in [0.2, 0.25) is 0 Å². The lowest BCUT2D eigenvalue weighted by molar-refractivity contribution is -0.0680. The van der Waals surface area contributed by atoms with Gasteiger partial charge in [-0.1, -0.05) is 0 Å². The van der Waals surface area contributed by atoms with Crippen LogP contribution in [-0.2, 0) is 11.2 Å². The molecule has 2 unspecified atom stereocenters. The van der Waals surface area contributed by atoms with Gasteiger partial charge in [-0.15, -0.1) is 0 Å². The van der Waals surface area contributed by atoms with Crippen molar-refractivity contribution in [1.82, 2.24) is 15.2 Å². The highest BCUT2D eigenvalue weighted by molar-refractivity contribution is 6.04. The van der Waals surface area contributed by atoms with E-state index in [4.69, 9.17) is 4.74 Å². The van der Waals surface area contributed by atoms with E-state index in [-0.39, 0.29) is 23.9 Å². The Morgan fingerprint density at radius 3 is 2.68 bits per heavy atom. The van der Waals surface area contributed by atoms with E-state index in [1.807, 2.05) is 6.92 Å². The molecular weight excluding hydrogens is 318 g/mol. The first-order chi connectivity index (χ1) is 12.0. The quantitative estimate of drug-likeness (QED) is 0.800. The number of Topliss-reactive ketones (excluding diaryl/α,β-unsaturated/α-hetero) is 1. The number of morpholine rings is 1. The number of aromatic amines is 1. The molecule has 2 atom stereocenters. The molecule has 1 aromatic heterocycles. The van der Waals surface area contributed by atoms with E-state index >= 15 is 0 Å². The predicted octanol–water partition coefficient (Wildman–Crippen LogP) is 2.07. The molecule has 1 aromatic rings. The second-order valence-corrected chi connectivity index (χ2v) is 7.38. The first-order valence-corrected chi connectivity index (χ1v) is 9.36. The van der Waals surface area contributed by atoms with Crippen LogP contribution in [0, 0.1) is 6.92 Å². The third-order valence-corrected chi connectivity index (χ3v) is 5.10. The van der Waals surface area contributed by atoms with Crippen molar-refractivity contribution in [2.45, 2.75) is 58.7 Å². The van der Waals surface area contributed by atoms with Crippen molar-refractivity contribution >= 4 is 11.7 Å². The van der Waals surface area contributed by atoms with Crippen molar-refractivity contribution in [1.29, 1.82) is 0 Å². The number of ether oxygens (including phenoxy) is 1. The summed E-state index contributed by atoms with van der Waals surface area (Å²) in [6.45, 7) is 9.55. The van der Waals surface area contributed by atoms with Crippen LogP contribution in [0.15, 0.2) is 0 Å². The van der Waals surface area contributed by atoms with Crippen LogP contribution >= 0.6 is 0 Å². The van der Waals surface area contributed by atoms with Gasteiger partial charge < -0.3 is 15.0 Å². The number of hydrogen-bond donors (Lipinski definition) is 2. The first kappa shape index (κ1) is 18.1. The van der Waals surface area contributed by atoms with Crippen LogP contribution in [0.25, 0.3) is 0 Å². The number of aryl methyl sites for hydroxylation is 1. The van der Waals surface area contributed by atoms with Gasteiger partial charge in [0, 0.05) is 43.9 Å². The number of hydrogen-bond acceptors (Lipinski definition) is 4. The molecule has 1 fully saturated rings. The second-order valence-electron chi connectivity index (χ2n) is 7.38. The van der Waals surface area contributed by atoms with Gasteiger partial charge in [-0.3, -0.25) is 14.5 Å². The van der Waals surface area contributed by atoms with Crippen LogP contribution in [0.4, 0.5) is 0 Å². The van der Waals surface area contributed by atoms with E-state index in [2.05, 4.69) is 29.0 Å². The highest BCUT2D eigenvalue weighted by atomic mass is 16.5. The summed E-state index contributed by atoms with van der Waals surface area (Å²) in [6, 6.07) is 0. The summed E-state index contributed by atoms with van der Waals surface area (Å²) >= 11 is 0. The zero-order valence-corrected chi connectivity index (χ0v) is 15.5. The van der Waals surface area contributed by atoms with E-state index in [9.17, 15) is 9.59 Å². The van der Waals surface area contributed by atoms with Gasteiger partial charge in [-0.05, 0) is 45.6 Å². The largest absolute Gasteiger partial charge is 0.373 e. The number of nitrogens with zero attached hydrogens (tertiary/aromatic N) is 1. The summed E-state index contributed by atoms with van der Waals surface area (Å²) in [7, 11) is 0. The average molecular weight is 347 g/mol. The number of H-pyrrole nitrogens is 1. The van der Waals surface area contributed by atoms with Gasteiger partial charge in [0.25, 0.3) is 5.91 Å². The minimum atomic E-state index is -0.108. The standard InChI is InChI=1S/C19H29N3O3/c1-12-10-22(11-13(2)25-12)9-5-8-20-19(24)18-14(3)17-15(21-18)6-4-7-16(17)23/h12-13,21H,4-11H2,1-3H3,(H,20,24). The lowest BCUT2D eigenvalue weighted by Gasteiger charge is -2.35. The zero-order valence-electron chi connectivity index (χ0n) is 15.5. The maximum Gasteiger partial charge on any atom is 0.268 e. The molecule has 0 saturated carbocycles. The maximum atomic E-state index is 12.5. The van der Waals surface area contributed by atoms with Crippen LogP contribution in [0.1, 0.15) is 65.2 Å². The number of aromatic nitrogens is 1. The maximum absolute atomic E-state index is 12.5. The number of fused-ring (bicyclic) bond motifs is 1. The van der Waals surface area contributed by atoms with E-state index < -0.39 is 0 Å². The van der Waals surface area contributed by atoms with E-state index in [0.717, 1.165) is 55.7 Å². The number of carbonyl (C=O) groups is 2. The fourth-order valence-electron chi connectivity index (χ4n) is 4.06. The minimum Gasteiger partial charge on any atom is -0.373 e. The highest BCUT2D eigenvalue weighted by Crippen LogP contribution is 2.26. The van der Waals surface area contributed by atoms with Crippen molar-refractivity contribution < 1.29 is 14.3 Å². The van der Waals surface area contributed by atoms with Gasteiger partial charge in [0.2, 0.25) is 0 Å². The summed E-state index contributed by atoms with van der Waals surface area (Å²) in [5.74, 6) is 0.0491. The molecule has 3 rings (SSSR count).